The largest absolute Gasteiger partial charge is 0.503 e. The number of ether oxygens (including phenoxy) is 1. The second-order valence-corrected chi connectivity index (χ2v) is 9.57. The topological polar surface area (TPSA) is 83.2 Å². The van der Waals surface area contributed by atoms with E-state index in [2.05, 4.69) is 0 Å². The molecule has 1 unspecified atom stereocenters. The number of Topliss-reactive ketones (excluding diaryl/α,β-unsaturated/α-hetero) is 1. The van der Waals surface area contributed by atoms with E-state index in [0.717, 1.165) is 11.3 Å². The third-order valence-electron chi connectivity index (χ3n) is 6.45. The first kappa shape index (κ1) is 24.5. The number of aryl methyl sites for hydroxylation is 1. The Labute approximate surface area is 219 Å². The van der Waals surface area contributed by atoms with Crippen LogP contribution in [0.5, 0.6) is 5.75 Å². The molecule has 0 saturated heterocycles. The predicted octanol–water partition coefficient (Wildman–Crippen LogP) is 6.25. The van der Waals surface area contributed by atoms with E-state index in [0.29, 0.717) is 33.0 Å². The van der Waals surface area contributed by atoms with Crippen LogP contribution >= 0.6 is 11.6 Å². The number of ketones is 1. The molecule has 0 saturated carbocycles. The average Bonchev–Trinajstić information content (AvgIpc) is 3.42. The molecule has 4 aromatic rings. The molecular formula is C29H25ClN2O5. The quantitative estimate of drug-likeness (QED) is 0.305. The Kier molecular flexibility index (Phi) is 6.17. The number of benzene rings is 3. The molecule has 0 radical (unpaired) electrons. The lowest BCUT2D eigenvalue weighted by atomic mass is 9.94. The molecule has 0 fully saturated rings. The van der Waals surface area contributed by atoms with E-state index in [4.69, 9.17) is 20.8 Å². The molecule has 1 aliphatic heterocycles. The van der Waals surface area contributed by atoms with Gasteiger partial charge in [0.05, 0.1) is 18.7 Å². The van der Waals surface area contributed by atoms with E-state index in [1.54, 1.807) is 30.3 Å². The summed E-state index contributed by atoms with van der Waals surface area (Å²) < 4.78 is 11.2. The van der Waals surface area contributed by atoms with Gasteiger partial charge in [0.1, 0.15) is 0 Å². The first-order chi connectivity index (χ1) is 17.7. The molecule has 1 amide bonds. The summed E-state index contributed by atoms with van der Waals surface area (Å²) >= 11 is 6.19. The number of rotatable bonds is 6. The monoisotopic (exact) mass is 516 g/mol. The van der Waals surface area contributed by atoms with Crippen molar-refractivity contribution in [2.75, 3.05) is 31.0 Å². The van der Waals surface area contributed by atoms with Gasteiger partial charge in [0.15, 0.2) is 22.9 Å². The van der Waals surface area contributed by atoms with E-state index in [9.17, 15) is 14.7 Å². The number of fused-ring (bicyclic) bond motifs is 1. The van der Waals surface area contributed by atoms with Gasteiger partial charge in [-0.3, -0.25) is 14.5 Å². The minimum atomic E-state index is -0.858. The molecule has 2 heterocycles. The standard InChI is InChI=1S/C29H25ClN2O5/c1-16-6-5-7-17(12-16)25-24(26(33)22-14-18-13-19(30)15-23(36-4)28(18)37-22)27(34)29(35)32(25)21-10-8-20(9-11-21)31(2)3/h5-15,25,34H,1-4H3. The third kappa shape index (κ3) is 4.21. The van der Waals surface area contributed by atoms with Gasteiger partial charge in [0.25, 0.3) is 5.91 Å². The molecule has 0 spiro atoms. The molecule has 7 nitrogen and oxygen atoms in total. The lowest BCUT2D eigenvalue weighted by Gasteiger charge is -2.27. The van der Waals surface area contributed by atoms with Crippen LogP contribution in [-0.2, 0) is 4.79 Å². The van der Waals surface area contributed by atoms with Crippen molar-refractivity contribution in [1.82, 2.24) is 0 Å². The summed E-state index contributed by atoms with van der Waals surface area (Å²) in [4.78, 5) is 30.7. The van der Waals surface area contributed by atoms with Crippen LogP contribution in [0.4, 0.5) is 11.4 Å². The van der Waals surface area contributed by atoms with Crippen LogP contribution in [0.2, 0.25) is 5.02 Å². The van der Waals surface area contributed by atoms with Crippen LogP contribution in [0.15, 0.2) is 82.5 Å². The number of methoxy groups -OCH3 is 1. The summed E-state index contributed by atoms with van der Waals surface area (Å²) in [6, 6.07) is 18.8. The average molecular weight is 517 g/mol. The van der Waals surface area contributed by atoms with Crippen LogP contribution in [0, 0.1) is 6.92 Å². The number of hydrogen-bond acceptors (Lipinski definition) is 6. The van der Waals surface area contributed by atoms with Gasteiger partial charge < -0.3 is 19.2 Å². The predicted molar refractivity (Wildman–Crippen MR) is 144 cm³/mol. The zero-order valence-electron chi connectivity index (χ0n) is 20.8. The Balaban J connectivity index is 1.65. The van der Waals surface area contributed by atoms with Gasteiger partial charge in [-0.05, 0) is 48.9 Å². The highest BCUT2D eigenvalue weighted by Crippen LogP contribution is 2.43. The SMILES string of the molecule is COc1cc(Cl)cc2cc(C(=O)C3=C(O)C(=O)N(c4ccc(N(C)C)cc4)C3c3cccc(C)c3)oc12. The van der Waals surface area contributed by atoms with E-state index < -0.39 is 23.5 Å². The molecule has 37 heavy (non-hydrogen) atoms. The van der Waals surface area contributed by atoms with Crippen molar-refractivity contribution in [1.29, 1.82) is 0 Å². The summed E-state index contributed by atoms with van der Waals surface area (Å²) in [5, 5.41) is 12.0. The van der Waals surface area contributed by atoms with Gasteiger partial charge in [-0.25, -0.2) is 0 Å². The second-order valence-electron chi connectivity index (χ2n) is 9.13. The Bertz CT molecular complexity index is 1570. The molecule has 5 rings (SSSR count). The van der Waals surface area contributed by atoms with Gasteiger partial charge in [-0.15, -0.1) is 0 Å². The number of furan rings is 1. The molecular weight excluding hydrogens is 492 g/mol. The molecule has 1 N–H and O–H groups in total. The van der Waals surface area contributed by atoms with E-state index >= 15 is 0 Å². The number of aliphatic hydroxyl groups excluding tert-OH is 1. The highest BCUT2D eigenvalue weighted by atomic mass is 35.5. The van der Waals surface area contributed by atoms with Crippen molar-refractivity contribution in [2.45, 2.75) is 13.0 Å². The zero-order chi connectivity index (χ0) is 26.4. The van der Waals surface area contributed by atoms with Crippen LogP contribution in [0.1, 0.15) is 27.7 Å². The van der Waals surface area contributed by atoms with Gasteiger partial charge >= 0.3 is 0 Å². The van der Waals surface area contributed by atoms with Crippen molar-refractivity contribution >= 4 is 45.6 Å². The highest BCUT2D eigenvalue weighted by Gasteiger charge is 2.45. The number of nitrogens with zero attached hydrogens (tertiary/aromatic N) is 2. The maximum Gasteiger partial charge on any atom is 0.294 e. The summed E-state index contributed by atoms with van der Waals surface area (Å²) in [5.74, 6) is -1.53. The van der Waals surface area contributed by atoms with Crippen molar-refractivity contribution in [3.63, 3.8) is 0 Å². The van der Waals surface area contributed by atoms with Crippen LogP contribution < -0.4 is 14.5 Å². The number of halogens is 1. The zero-order valence-corrected chi connectivity index (χ0v) is 21.5. The maximum atomic E-state index is 13.9. The van der Waals surface area contributed by atoms with Gasteiger partial charge in [-0.1, -0.05) is 41.4 Å². The molecule has 1 atom stereocenters. The van der Waals surface area contributed by atoms with Crippen molar-refractivity contribution in [2.24, 2.45) is 0 Å². The van der Waals surface area contributed by atoms with Gasteiger partial charge in [-0.2, -0.15) is 0 Å². The number of amides is 1. The minimum Gasteiger partial charge on any atom is -0.503 e. The Morgan fingerprint density at radius 2 is 1.81 bits per heavy atom. The lowest BCUT2D eigenvalue weighted by Crippen LogP contribution is -2.31. The minimum absolute atomic E-state index is 0.0348. The Morgan fingerprint density at radius 1 is 1.08 bits per heavy atom. The summed E-state index contributed by atoms with van der Waals surface area (Å²) in [6.45, 7) is 1.93. The summed E-state index contributed by atoms with van der Waals surface area (Å²) in [6.07, 6.45) is 0. The molecule has 1 aromatic heterocycles. The smallest absolute Gasteiger partial charge is 0.294 e. The Morgan fingerprint density at radius 3 is 2.46 bits per heavy atom. The van der Waals surface area contributed by atoms with Crippen LogP contribution in [0.3, 0.4) is 0 Å². The summed E-state index contributed by atoms with van der Waals surface area (Å²) in [5.41, 5.74) is 3.43. The van der Waals surface area contributed by atoms with E-state index in [1.807, 2.05) is 62.3 Å². The van der Waals surface area contributed by atoms with Gasteiger partial charge in [0, 0.05) is 41.9 Å². The van der Waals surface area contributed by atoms with Crippen molar-refractivity contribution in [3.05, 3.63) is 100.0 Å². The molecule has 1 aliphatic rings. The number of carbonyl (C=O) groups excluding carboxylic acids is 2. The van der Waals surface area contributed by atoms with Crippen molar-refractivity contribution in [3.8, 4) is 5.75 Å². The van der Waals surface area contributed by atoms with E-state index in [1.165, 1.54) is 12.0 Å². The molecule has 8 heteroatoms. The second kappa shape index (κ2) is 9.33. The normalized spacial score (nSPS) is 15.5. The molecule has 188 valence electrons. The fourth-order valence-corrected chi connectivity index (χ4v) is 4.87. The number of carbonyl (C=O) groups is 2. The fraction of sp³-hybridized carbons (Fsp3) is 0.172. The first-order valence-electron chi connectivity index (χ1n) is 11.6. The highest BCUT2D eigenvalue weighted by molar-refractivity contribution is 6.31. The van der Waals surface area contributed by atoms with Crippen LogP contribution in [0.25, 0.3) is 11.0 Å². The fourth-order valence-electron chi connectivity index (χ4n) is 4.65. The molecule has 3 aromatic carbocycles. The third-order valence-corrected chi connectivity index (χ3v) is 6.66. The van der Waals surface area contributed by atoms with Crippen LogP contribution in [-0.4, -0.2) is 38.0 Å². The van der Waals surface area contributed by atoms with Crippen molar-refractivity contribution < 1.29 is 23.8 Å². The summed E-state index contributed by atoms with van der Waals surface area (Å²) in [7, 11) is 5.32. The number of anilines is 2. The molecule has 0 aliphatic carbocycles. The molecule has 0 bridgehead atoms. The van der Waals surface area contributed by atoms with Gasteiger partial charge in [0.2, 0.25) is 5.78 Å². The number of aliphatic hydroxyl groups is 1. The lowest BCUT2D eigenvalue weighted by molar-refractivity contribution is -0.117. The Hall–Kier alpha value is -4.23. The number of hydrogen-bond donors (Lipinski definition) is 1. The maximum absolute atomic E-state index is 13.9. The van der Waals surface area contributed by atoms with E-state index in [-0.39, 0.29) is 11.3 Å². The first-order valence-corrected chi connectivity index (χ1v) is 12.0.